The van der Waals surface area contributed by atoms with Crippen LogP contribution in [0.3, 0.4) is 0 Å². The van der Waals surface area contributed by atoms with Crippen LogP contribution in [-0.4, -0.2) is 0 Å². The van der Waals surface area contributed by atoms with Gasteiger partial charge < -0.3 is 24.8 Å². The summed E-state index contributed by atoms with van der Waals surface area (Å²) in [5, 5.41) is 5.37. The van der Waals surface area contributed by atoms with E-state index in [1.54, 1.807) is 22.3 Å². The second-order valence-corrected chi connectivity index (χ2v) is 18.9. The van der Waals surface area contributed by atoms with E-state index in [0.29, 0.717) is 13.2 Å². The number of aryl methyl sites for hydroxylation is 1. The summed E-state index contributed by atoms with van der Waals surface area (Å²) in [7, 11) is 0. The van der Waals surface area contributed by atoms with Crippen molar-refractivity contribution in [1.82, 2.24) is 0 Å². The molecular formula is C47H44Cl2Zr. The summed E-state index contributed by atoms with van der Waals surface area (Å²) in [5.74, 6) is 0.519. The third kappa shape index (κ3) is 6.08. The molecule has 2 unspecified atom stereocenters. The number of allylic oxidation sites excluding steroid dienone is 2. The Kier molecular flexibility index (Phi) is 10.3. The van der Waals surface area contributed by atoms with Crippen LogP contribution in [-0.2, 0) is 28.6 Å². The van der Waals surface area contributed by atoms with E-state index < -0.39 is 23.2 Å². The van der Waals surface area contributed by atoms with Crippen LogP contribution in [0.1, 0.15) is 87.7 Å². The van der Waals surface area contributed by atoms with E-state index in [-0.39, 0.29) is 30.2 Å². The van der Waals surface area contributed by atoms with Gasteiger partial charge in [0.1, 0.15) is 0 Å². The molecule has 8 rings (SSSR count). The van der Waals surface area contributed by atoms with Crippen LogP contribution in [0.5, 0.6) is 0 Å². The van der Waals surface area contributed by atoms with Crippen molar-refractivity contribution in [3.63, 3.8) is 0 Å². The van der Waals surface area contributed by atoms with Gasteiger partial charge in [-0.15, -0.1) is 0 Å². The van der Waals surface area contributed by atoms with Crippen LogP contribution >= 0.6 is 0 Å². The Bertz CT molecular complexity index is 2300. The van der Waals surface area contributed by atoms with Gasteiger partial charge in [-0.2, -0.15) is 0 Å². The largest absolute Gasteiger partial charge is 1.00 e. The number of hydrogen-bond acceptors (Lipinski definition) is 0. The molecule has 2 aliphatic rings. The van der Waals surface area contributed by atoms with E-state index in [2.05, 4.69) is 170 Å². The summed E-state index contributed by atoms with van der Waals surface area (Å²) in [6.45, 7) is 16.5. The first kappa shape index (κ1) is 36.6. The van der Waals surface area contributed by atoms with Crippen molar-refractivity contribution < 1.29 is 48.0 Å². The van der Waals surface area contributed by atoms with Gasteiger partial charge in [0.05, 0.1) is 0 Å². The van der Waals surface area contributed by atoms with Crippen LogP contribution in [0, 0.1) is 12.8 Å². The fourth-order valence-corrected chi connectivity index (χ4v) is 14.1. The number of fused-ring (bicyclic) bond motifs is 5. The molecule has 2 aliphatic carbocycles. The molecule has 0 bridgehead atoms. The van der Waals surface area contributed by atoms with Crippen LogP contribution in [0.15, 0.2) is 126 Å². The van der Waals surface area contributed by atoms with E-state index in [9.17, 15) is 0 Å². The number of halogens is 2. The molecule has 0 heterocycles. The second kappa shape index (κ2) is 14.1. The minimum Gasteiger partial charge on any atom is -1.00 e. The average molecular weight is 771 g/mol. The van der Waals surface area contributed by atoms with Gasteiger partial charge >= 0.3 is 300 Å². The average Bonchev–Trinajstić information content (AvgIpc) is 3.59. The van der Waals surface area contributed by atoms with Crippen LogP contribution in [0.4, 0.5) is 0 Å². The SMILES string of the molecule is CC1=C(c2cccc3ccc4ccccc4c23)c2cccc(C)c2[CH]1[Zr+2][CH]1C(C(C)C)=Cc2c(-c3ccc(C(C)(C)C)cc3)cccc21.[Cl-].[Cl-]. The number of rotatable bonds is 5. The Labute approximate surface area is 322 Å². The van der Waals surface area contributed by atoms with Gasteiger partial charge in [0.25, 0.3) is 0 Å². The molecule has 0 amide bonds. The molecule has 6 aromatic rings. The van der Waals surface area contributed by atoms with E-state index in [1.807, 2.05) is 0 Å². The zero-order chi connectivity index (χ0) is 33.3. The predicted octanol–water partition coefficient (Wildman–Crippen LogP) is 7.03. The van der Waals surface area contributed by atoms with Crippen molar-refractivity contribution >= 4 is 33.2 Å². The molecule has 3 heteroatoms. The van der Waals surface area contributed by atoms with Gasteiger partial charge in [-0.05, 0) is 0 Å². The standard InChI is InChI=1S/C25H19.C22H25.2ClH.Zr/c1-16-7-5-11-21-23(16)15-17(2)24(21)22-12-6-9-19-14-13-18-8-3-4-10-20(18)25(19)22;1-15(2)18-13-17-7-6-8-20(21(17)14-18)16-9-11-19(12-10-16)22(3,4)5;;;/h3-15H,1-2H3;6-15H,1-5H3;2*1H;/q;;;;+2/p-2. The van der Waals surface area contributed by atoms with Crippen molar-refractivity contribution in [1.29, 1.82) is 0 Å². The molecule has 0 aliphatic heterocycles. The fourth-order valence-electron chi connectivity index (χ4n) is 8.37. The van der Waals surface area contributed by atoms with Crippen LogP contribution in [0.2, 0.25) is 0 Å². The van der Waals surface area contributed by atoms with Crippen molar-refractivity contribution in [3.8, 4) is 11.1 Å². The molecule has 0 N–H and O–H groups in total. The van der Waals surface area contributed by atoms with Gasteiger partial charge in [-0.1, -0.05) is 0 Å². The molecular weight excluding hydrogens is 727 g/mol. The minimum atomic E-state index is -1.09. The topological polar surface area (TPSA) is 0 Å². The molecule has 6 aromatic carbocycles. The van der Waals surface area contributed by atoms with Gasteiger partial charge in [-0.25, -0.2) is 0 Å². The molecule has 0 spiro atoms. The summed E-state index contributed by atoms with van der Waals surface area (Å²) in [5.41, 5.74) is 17.9. The summed E-state index contributed by atoms with van der Waals surface area (Å²) in [6, 6.07) is 43.9. The van der Waals surface area contributed by atoms with E-state index in [0.717, 1.165) is 0 Å². The monoisotopic (exact) mass is 768 g/mol. The number of hydrogen-bond donors (Lipinski definition) is 0. The Balaban J connectivity index is 0.00000216. The van der Waals surface area contributed by atoms with Crippen molar-refractivity contribution in [2.45, 2.75) is 61.1 Å². The summed E-state index contributed by atoms with van der Waals surface area (Å²) < 4.78 is 1.08. The van der Waals surface area contributed by atoms with Gasteiger partial charge in [-0.3, -0.25) is 0 Å². The maximum absolute atomic E-state index is 2.59. The zero-order valence-electron chi connectivity index (χ0n) is 30.0. The first-order chi connectivity index (χ1) is 23.1. The summed E-state index contributed by atoms with van der Waals surface area (Å²) >= 11 is -1.09. The molecule has 0 radical (unpaired) electrons. The van der Waals surface area contributed by atoms with E-state index in [1.165, 1.54) is 66.1 Å². The minimum absolute atomic E-state index is 0. The molecule has 2 atom stereocenters. The van der Waals surface area contributed by atoms with Crippen molar-refractivity contribution in [2.24, 2.45) is 5.92 Å². The normalized spacial score (nSPS) is 16.5. The Morgan fingerprint density at radius 1 is 0.620 bits per heavy atom. The third-order valence-corrected chi connectivity index (χ3v) is 15.9. The van der Waals surface area contributed by atoms with Crippen molar-refractivity contribution in [3.05, 3.63) is 165 Å². The molecule has 0 aromatic heterocycles. The predicted molar refractivity (Wildman–Crippen MR) is 203 cm³/mol. The maximum atomic E-state index is 2.59. The Hall–Kier alpha value is -3.22. The first-order valence-corrected chi connectivity index (χ1v) is 20.4. The fraction of sp³-hybridized carbons (Fsp3) is 0.234. The third-order valence-electron chi connectivity index (χ3n) is 10.9. The summed E-state index contributed by atoms with van der Waals surface area (Å²) in [4.78, 5) is 0. The van der Waals surface area contributed by atoms with Crippen LogP contribution < -0.4 is 24.8 Å². The smallest absolute Gasteiger partial charge is 1.00 e. The molecule has 0 saturated carbocycles. The molecule has 0 nitrogen and oxygen atoms in total. The maximum Gasteiger partial charge on any atom is -1.00 e. The second-order valence-electron chi connectivity index (χ2n) is 15.3. The van der Waals surface area contributed by atoms with Gasteiger partial charge in [0.2, 0.25) is 0 Å². The Morgan fingerprint density at radius 2 is 1.26 bits per heavy atom. The molecule has 250 valence electrons. The quantitative estimate of drug-likeness (QED) is 0.166. The van der Waals surface area contributed by atoms with Gasteiger partial charge in [0, 0.05) is 0 Å². The molecule has 50 heavy (non-hydrogen) atoms. The molecule has 0 saturated heterocycles. The van der Waals surface area contributed by atoms with E-state index >= 15 is 0 Å². The van der Waals surface area contributed by atoms with Gasteiger partial charge in [0.15, 0.2) is 0 Å². The van der Waals surface area contributed by atoms with Crippen molar-refractivity contribution in [2.75, 3.05) is 0 Å². The summed E-state index contributed by atoms with van der Waals surface area (Å²) in [6.07, 6.45) is 2.59. The Morgan fingerprint density at radius 3 is 2.00 bits per heavy atom. The van der Waals surface area contributed by atoms with Crippen LogP contribution in [0.25, 0.3) is 44.3 Å². The first-order valence-electron chi connectivity index (χ1n) is 17.5. The van der Waals surface area contributed by atoms with E-state index in [4.69, 9.17) is 0 Å². The molecule has 0 fully saturated rings. The zero-order valence-corrected chi connectivity index (χ0v) is 34.0. The number of benzene rings is 6.